The zero-order valence-corrected chi connectivity index (χ0v) is 18.8. The Morgan fingerprint density at radius 2 is 1.84 bits per heavy atom. The molecule has 9 heteroatoms. The average Bonchev–Trinajstić information content (AvgIpc) is 3.28. The highest BCUT2D eigenvalue weighted by molar-refractivity contribution is 7.87. The Kier molecular flexibility index (Phi) is 7.77. The Morgan fingerprint density at radius 1 is 1.03 bits per heavy atom. The smallest absolute Gasteiger partial charge is 0.322 e. The molecule has 0 radical (unpaired) electrons. The van der Waals surface area contributed by atoms with Gasteiger partial charge < -0.3 is 23.6 Å². The lowest BCUT2D eigenvalue weighted by Crippen LogP contribution is -2.34. The molecule has 0 aliphatic rings. The van der Waals surface area contributed by atoms with E-state index in [1.807, 2.05) is 19.1 Å². The third-order valence-corrected chi connectivity index (χ3v) is 5.64. The van der Waals surface area contributed by atoms with E-state index in [-0.39, 0.29) is 30.6 Å². The number of furan rings is 1. The highest BCUT2D eigenvalue weighted by Crippen LogP contribution is 2.25. The van der Waals surface area contributed by atoms with Crippen LogP contribution in [0.5, 0.6) is 11.5 Å². The van der Waals surface area contributed by atoms with E-state index in [2.05, 4.69) is 5.32 Å². The number of nitrogens with zero attached hydrogens (tertiary/aromatic N) is 1. The molecule has 2 aromatic carbocycles. The molecule has 2 amide bonds. The number of amides is 2. The first-order chi connectivity index (χ1) is 15.4. The summed E-state index contributed by atoms with van der Waals surface area (Å²) in [6.45, 7) is 4.27. The highest BCUT2D eigenvalue weighted by Gasteiger charge is 2.18. The molecule has 170 valence electrons. The summed E-state index contributed by atoms with van der Waals surface area (Å²) < 4.78 is 39.7. The van der Waals surface area contributed by atoms with Crippen molar-refractivity contribution < 1.29 is 26.5 Å². The number of para-hydroxylation sites is 2. The predicted octanol–water partition coefficient (Wildman–Crippen LogP) is 4.64. The molecule has 0 unspecified atom stereocenters. The summed E-state index contributed by atoms with van der Waals surface area (Å²) in [4.78, 5) is 14.7. The van der Waals surface area contributed by atoms with Crippen molar-refractivity contribution in [2.75, 3.05) is 17.7 Å². The molecule has 0 aliphatic carbocycles. The maximum Gasteiger partial charge on any atom is 0.322 e. The monoisotopic (exact) mass is 458 g/mol. The lowest BCUT2D eigenvalue weighted by molar-refractivity contribution is 0.201. The molecule has 1 heterocycles. The second-order valence-corrected chi connectivity index (χ2v) is 8.73. The third-order valence-electron chi connectivity index (χ3n) is 4.49. The number of nitrogens with one attached hydrogen (secondary N) is 1. The normalized spacial score (nSPS) is 11.1. The second kappa shape index (κ2) is 10.7. The zero-order chi connectivity index (χ0) is 23.0. The van der Waals surface area contributed by atoms with Gasteiger partial charge in [-0.2, -0.15) is 8.42 Å². The van der Waals surface area contributed by atoms with Gasteiger partial charge in [0.05, 0.1) is 30.9 Å². The number of anilines is 1. The molecule has 0 saturated carbocycles. The van der Waals surface area contributed by atoms with Gasteiger partial charge >= 0.3 is 16.1 Å². The Hall–Kier alpha value is -3.46. The lowest BCUT2D eigenvalue weighted by atomic mass is 10.2. The second-order valence-electron chi connectivity index (χ2n) is 6.87. The topological polar surface area (TPSA) is 98.1 Å². The number of hydrogen-bond donors (Lipinski definition) is 1. The van der Waals surface area contributed by atoms with Gasteiger partial charge in [0.2, 0.25) is 0 Å². The molecule has 3 rings (SSSR count). The van der Waals surface area contributed by atoms with Gasteiger partial charge in [0.25, 0.3) is 0 Å². The fourth-order valence-corrected chi connectivity index (χ4v) is 3.47. The highest BCUT2D eigenvalue weighted by atomic mass is 32.2. The van der Waals surface area contributed by atoms with Gasteiger partial charge in [-0.3, -0.25) is 0 Å². The summed E-state index contributed by atoms with van der Waals surface area (Å²) in [5.74, 6) is 1.24. The standard InChI is InChI=1S/C23H26N2O6S/c1-3-29-22-13-6-5-12-21(22)24-23(26)25(17-20-11-8-14-30-20)16-18-9-7-10-19(15-18)31-32(27,28)4-2/h5-15H,3-4,16-17H2,1-2H3,(H,24,26). The summed E-state index contributed by atoms with van der Waals surface area (Å²) >= 11 is 0. The van der Waals surface area contributed by atoms with E-state index in [0.717, 1.165) is 0 Å². The Morgan fingerprint density at radius 3 is 2.56 bits per heavy atom. The van der Waals surface area contributed by atoms with E-state index in [1.54, 1.807) is 59.7 Å². The maximum atomic E-state index is 13.2. The molecule has 1 aromatic heterocycles. The number of carbonyl (C=O) groups excluding carboxylic acids is 1. The molecule has 0 aliphatic heterocycles. The largest absolute Gasteiger partial charge is 0.492 e. The van der Waals surface area contributed by atoms with Crippen LogP contribution in [0, 0.1) is 0 Å². The van der Waals surface area contributed by atoms with E-state index in [1.165, 1.54) is 6.92 Å². The fourth-order valence-electron chi connectivity index (χ4n) is 2.96. The number of ether oxygens (including phenoxy) is 1. The van der Waals surface area contributed by atoms with E-state index in [9.17, 15) is 13.2 Å². The van der Waals surface area contributed by atoms with Gasteiger partial charge in [0, 0.05) is 6.54 Å². The molecule has 32 heavy (non-hydrogen) atoms. The molecule has 0 atom stereocenters. The van der Waals surface area contributed by atoms with E-state index in [0.29, 0.717) is 29.4 Å². The number of benzene rings is 2. The van der Waals surface area contributed by atoms with Crippen LogP contribution in [0.25, 0.3) is 0 Å². The molecule has 0 spiro atoms. The summed E-state index contributed by atoms with van der Waals surface area (Å²) in [7, 11) is -3.65. The number of carbonyl (C=O) groups is 1. The number of urea groups is 1. The summed E-state index contributed by atoms with van der Waals surface area (Å²) in [6, 6.07) is 17.0. The van der Waals surface area contributed by atoms with Crippen molar-refractivity contribution in [1.29, 1.82) is 0 Å². The Balaban J connectivity index is 1.81. The van der Waals surface area contributed by atoms with Gasteiger partial charge in [0.15, 0.2) is 0 Å². The van der Waals surface area contributed by atoms with Crippen LogP contribution >= 0.6 is 0 Å². The van der Waals surface area contributed by atoms with Gasteiger partial charge in [-0.15, -0.1) is 0 Å². The first kappa shape index (κ1) is 23.2. The predicted molar refractivity (Wildman–Crippen MR) is 121 cm³/mol. The minimum Gasteiger partial charge on any atom is -0.492 e. The molecular weight excluding hydrogens is 432 g/mol. The molecule has 8 nitrogen and oxygen atoms in total. The van der Waals surface area contributed by atoms with Crippen LogP contribution in [-0.2, 0) is 23.2 Å². The molecule has 0 saturated heterocycles. The van der Waals surface area contributed by atoms with Crippen molar-refractivity contribution in [3.63, 3.8) is 0 Å². The maximum absolute atomic E-state index is 13.2. The molecular formula is C23H26N2O6S. The minimum absolute atomic E-state index is 0.135. The van der Waals surface area contributed by atoms with Crippen molar-refractivity contribution in [3.05, 3.63) is 78.3 Å². The van der Waals surface area contributed by atoms with Crippen molar-refractivity contribution in [3.8, 4) is 11.5 Å². The van der Waals surface area contributed by atoms with Crippen molar-refractivity contribution in [2.24, 2.45) is 0 Å². The van der Waals surface area contributed by atoms with Crippen LogP contribution in [0.4, 0.5) is 10.5 Å². The summed E-state index contributed by atoms with van der Waals surface area (Å²) in [6.07, 6.45) is 1.54. The fraction of sp³-hybridized carbons (Fsp3) is 0.261. The van der Waals surface area contributed by atoms with Gasteiger partial charge in [-0.25, -0.2) is 4.79 Å². The summed E-state index contributed by atoms with van der Waals surface area (Å²) in [5, 5.41) is 2.88. The molecule has 1 N–H and O–H groups in total. The van der Waals surface area contributed by atoms with Crippen molar-refractivity contribution in [2.45, 2.75) is 26.9 Å². The first-order valence-corrected chi connectivity index (χ1v) is 11.8. The van der Waals surface area contributed by atoms with Crippen LogP contribution in [0.1, 0.15) is 25.2 Å². The van der Waals surface area contributed by atoms with Crippen LogP contribution in [-0.4, -0.2) is 31.7 Å². The Bertz CT molecular complexity index is 1130. The van der Waals surface area contributed by atoms with Gasteiger partial charge in [-0.1, -0.05) is 24.3 Å². The quantitative estimate of drug-likeness (QED) is 0.445. The zero-order valence-electron chi connectivity index (χ0n) is 18.0. The lowest BCUT2D eigenvalue weighted by Gasteiger charge is -2.23. The Labute approximate surface area is 187 Å². The molecule has 0 bridgehead atoms. The average molecular weight is 459 g/mol. The summed E-state index contributed by atoms with van der Waals surface area (Å²) in [5.41, 5.74) is 1.25. The first-order valence-electron chi connectivity index (χ1n) is 10.2. The number of rotatable bonds is 10. The third kappa shape index (κ3) is 6.52. The van der Waals surface area contributed by atoms with E-state index < -0.39 is 10.1 Å². The SMILES string of the molecule is CCOc1ccccc1NC(=O)N(Cc1cccc(OS(=O)(=O)CC)c1)Cc1ccco1. The van der Waals surface area contributed by atoms with Crippen LogP contribution in [0.3, 0.4) is 0 Å². The molecule has 0 fully saturated rings. The van der Waals surface area contributed by atoms with Gasteiger partial charge in [0.1, 0.15) is 17.3 Å². The van der Waals surface area contributed by atoms with E-state index >= 15 is 0 Å². The van der Waals surface area contributed by atoms with Crippen LogP contribution in [0.2, 0.25) is 0 Å². The van der Waals surface area contributed by atoms with Crippen LogP contribution in [0.15, 0.2) is 71.3 Å². The minimum atomic E-state index is -3.65. The number of hydrogen-bond acceptors (Lipinski definition) is 6. The van der Waals surface area contributed by atoms with Crippen LogP contribution < -0.4 is 14.2 Å². The van der Waals surface area contributed by atoms with Crippen molar-refractivity contribution >= 4 is 21.8 Å². The van der Waals surface area contributed by atoms with E-state index in [4.69, 9.17) is 13.3 Å². The van der Waals surface area contributed by atoms with Gasteiger partial charge in [-0.05, 0) is 55.8 Å². The van der Waals surface area contributed by atoms with Crippen molar-refractivity contribution in [1.82, 2.24) is 4.90 Å². The molecule has 3 aromatic rings.